The number of rotatable bonds is 7. The Kier molecular flexibility index (Phi) is 14.9. The van der Waals surface area contributed by atoms with Crippen molar-refractivity contribution in [3.63, 3.8) is 0 Å². The Bertz CT molecular complexity index is 6110. The Hall–Kier alpha value is -12.4. The summed E-state index contributed by atoms with van der Waals surface area (Å²) < 4.78 is 1.13. The van der Waals surface area contributed by atoms with Gasteiger partial charge in [0.2, 0.25) is 0 Å². The topological polar surface area (TPSA) is 15.3 Å². The summed E-state index contributed by atoms with van der Waals surface area (Å²) in [6.45, 7) is 9.36. The standard InChI is InChI=1S/C52H37N.C27H23N.C25H15Br/c1-51(2)45-20-10-6-16-39(45)43-30-28-37(32-49(43)51)53(36-26-24-35(25-27-36)34-14-4-3-5-15-34)38-29-31-44-42-19-9-13-23-48(42)52(50(44)33-38)46-21-11-7-17-40(46)41-18-8-12-22-47(41)52;1-27(2)25-11-7-6-10-23(25)24-17-16-22(18-26(24)27)28-21-14-12-20(13-15-21)19-8-4-3-5-9-19;26-16-13-14-20-19-9-3-6-12-23(19)25(24(20)15-16)21-10-4-1-7-17(21)18-8-2-5-11-22(18)25/h3-33H,1-2H3;3-18,28H,1-2H3;1-15H. The highest BCUT2D eigenvalue weighted by atomic mass is 79.9. The summed E-state index contributed by atoms with van der Waals surface area (Å²) in [6, 6.07) is 138. The maximum absolute atomic E-state index is 3.72. The average Bonchev–Trinajstić information content (AvgIpc) is 1.51. The lowest BCUT2D eigenvalue weighted by atomic mass is 9.70. The highest BCUT2D eigenvalue weighted by Crippen LogP contribution is 2.65. The number of hydrogen-bond acceptors (Lipinski definition) is 2. The molecule has 508 valence electrons. The molecule has 1 N–H and O–H groups in total. The minimum Gasteiger partial charge on any atom is -0.356 e. The lowest BCUT2D eigenvalue weighted by Crippen LogP contribution is -2.26. The maximum Gasteiger partial charge on any atom is 0.0726 e. The molecular weight excluding hydrogens is 1360 g/mol. The van der Waals surface area contributed by atoms with Crippen LogP contribution in [-0.4, -0.2) is 0 Å². The Morgan fingerprint density at radius 1 is 0.206 bits per heavy atom. The molecule has 0 radical (unpaired) electrons. The van der Waals surface area contributed by atoms with Crippen LogP contribution in [0.4, 0.5) is 28.4 Å². The smallest absolute Gasteiger partial charge is 0.0726 e. The third-order valence-electron chi connectivity index (χ3n) is 24.1. The van der Waals surface area contributed by atoms with Crippen molar-refractivity contribution in [1.29, 1.82) is 0 Å². The van der Waals surface area contributed by atoms with E-state index < -0.39 is 5.41 Å². The van der Waals surface area contributed by atoms with Gasteiger partial charge in [0.15, 0.2) is 0 Å². The Labute approximate surface area is 635 Å². The molecule has 0 aromatic heterocycles. The Morgan fingerprint density at radius 3 is 0.869 bits per heavy atom. The highest BCUT2D eigenvalue weighted by Gasteiger charge is 2.53. The van der Waals surface area contributed by atoms with Crippen molar-refractivity contribution in [1.82, 2.24) is 0 Å². The lowest BCUT2D eigenvalue weighted by Gasteiger charge is -2.32. The van der Waals surface area contributed by atoms with Gasteiger partial charge in [-0.25, -0.2) is 0 Å². The van der Waals surface area contributed by atoms with Crippen LogP contribution in [-0.2, 0) is 21.7 Å². The van der Waals surface area contributed by atoms with Crippen molar-refractivity contribution in [2.45, 2.75) is 49.4 Å². The van der Waals surface area contributed by atoms with E-state index in [9.17, 15) is 0 Å². The van der Waals surface area contributed by atoms with Crippen LogP contribution in [0.2, 0.25) is 0 Å². The number of benzene rings is 16. The number of halogens is 1. The van der Waals surface area contributed by atoms with Crippen LogP contribution in [0, 0.1) is 0 Å². The molecule has 0 aliphatic heterocycles. The molecule has 0 saturated heterocycles. The van der Waals surface area contributed by atoms with Gasteiger partial charge in [-0.1, -0.05) is 347 Å². The predicted octanol–water partition coefficient (Wildman–Crippen LogP) is 27.7. The summed E-state index contributed by atoms with van der Waals surface area (Å²) in [4.78, 5) is 2.47. The molecule has 6 aliphatic carbocycles. The summed E-state index contributed by atoms with van der Waals surface area (Å²) in [5.74, 6) is 0. The van der Waals surface area contributed by atoms with E-state index >= 15 is 0 Å². The molecule has 16 aromatic carbocycles. The SMILES string of the molecule is Brc1ccc2c(c1)C1(c3ccccc3-c3ccccc31)c1ccccc1-2.CC1(C)c2ccccc2-c2ccc(N(c3ccc(-c4ccccc4)cc3)c3ccc4c(c3)C3(c5ccccc5-c5ccccc53)c3ccccc3-4)cc21.CC1(C)c2ccccc2-c2ccc(Nc3ccc(-c4ccccc4)cc3)cc21. The molecule has 3 heteroatoms. The quantitative estimate of drug-likeness (QED) is 0.171. The molecule has 0 saturated carbocycles. The molecule has 2 nitrogen and oxygen atoms in total. The second-order valence-corrected chi connectivity index (χ2v) is 31.3. The summed E-state index contributed by atoms with van der Waals surface area (Å²) in [5, 5.41) is 3.58. The van der Waals surface area contributed by atoms with Crippen LogP contribution in [0.25, 0.3) is 89.0 Å². The Morgan fingerprint density at radius 2 is 0.467 bits per heavy atom. The van der Waals surface area contributed by atoms with Crippen LogP contribution in [0.1, 0.15) is 94.5 Å². The molecule has 16 aromatic rings. The maximum atomic E-state index is 3.72. The zero-order valence-corrected chi connectivity index (χ0v) is 61.7. The van der Waals surface area contributed by atoms with Gasteiger partial charge < -0.3 is 10.2 Å². The number of fused-ring (bicyclic) bond motifs is 26. The monoisotopic (exact) mass is 1430 g/mol. The van der Waals surface area contributed by atoms with E-state index in [1.807, 2.05) is 6.07 Å². The van der Waals surface area contributed by atoms with Gasteiger partial charge in [0.05, 0.1) is 10.8 Å². The van der Waals surface area contributed by atoms with Crippen molar-refractivity contribution >= 4 is 44.4 Å². The van der Waals surface area contributed by atoms with Gasteiger partial charge in [0.1, 0.15) is 0 Å². The zero-order chi connectivity index (χ0) is 71.8. The lowest BCUT2D eigenvalue weighted by molar-refractivity contribution is 0.660. The number of hydrogen-bond donors (Lipinski definition) is 1. The van der Waals surface area contributed by atoms with Gasteiger partial charge in [-0.15, -0.1) is 0 Å². The fraction of sp³-hybridized carbons (Fsp3) is 0.0769. The molecule has 0 atom stereocenters. The molecule has 0 amide bonds. The predicted molar refractivity (Wildman–Crippen MR) is 450 cm³/mol. The van der Waals surface area contributed by atoms with E-state index in [2.05, 4.69) is 424 Å². The number of nitrogens with zero attached hydrogens (tertiary/aromatic N) is 1. The van der Waals surface area contributed by atoms with Crippen molar-refractivity contribution in [3.8, 4) is 89.0 Å². The van der Waals surface area contributed by atoms with Crippen molar-refractivity contribution in [3.05, 3.63) is 447 Å². The minimum absolute atomic E-state index is 0.0286. The zero-order valence-electron chi connectivity index (χ0n) is 60.1. The molecule has 0 fully saturated rings. The van der Waals surface area contributed by atoms with Gasteiger partial charge >= 0.3 is 0 Å². The molecule has 107 heavy (non-hydrogen) atoms. The first-order valence-electron chi connectivity index (χ1n) is 37.4. The average molecular weight is 1430 g/mol. The van der Waals surface area contributed by atoms with Crippen LogP contribution < -0.4 is 10.2 Å². The molecular formula is C104H75BrN2. The van der Waals surface area contributed by atoms with Crippen molar-refractivity contribution < 1.29 is 0 Å². The molecule has 0 heterocycles. The summed E-state index contributed by atoms with van der Waals surface area (Å²) in [5.41, 5.74) is 42.5. The van der Waals surface area contributed by atoms with E-state index in [1.165, 1.54) is 156 Å². The first-order valence-corrected chi connectivity index (χ1v) is 38.2. The van der Waals surface area contributed by atoms with E-state index in [-0.39, 0.29) is 16.2 Å². The third-order valence-corrected chi connectivity index (χ3v) is 24.6. The first-order chi connectivity index (χ1) is 52.5. The van der Waals surface area contributed by atoms with Gasteiger partial charge in [-0.2, -0.15) is 0 Å². The van der Waals surface area contributed by atoms with Crippen LogP contribution in [0.3, 0.4) is 0 Å². The van der Waals surface area contributed by atoms with E-state index in [4.69, 9.17) is 0 Å². The van der Waals surface area contributed by atoms with Crippen LogP contribution >= 0.6 is 15.9 Å². The van der Waals surface area contributed by atoms with E-state index in [0.717, 1.165) is 32.9 Å². The minimum atomic E-state index is -0.403. The molecule has 0 bridgehead atoms. The number of anilines is 5. The van der Waals surface area contributed by atoms with Gasteiger partial charge in [0, 0.05) is 43.7 Å². The normalized spacial score (nSPS) is 14.3. The molecule has 2 spiro atoms. The van der Waals surface area contributed by atoms with Crippen LogP contribution in [0.15, 0.2) is 381 Å². The molecule has 22 rings (SSSR count). The molecule has 0 unspecified atom stereocenters. The highest BCUT2D eigenvalue weighted by molar-refractivity contribution is 9.10. The fourth-order valence-electron chi connectivity index (χ4n) is 19.3. The molecule has 6 aliphatic rings. The van der Waals surface area contributed by atoms with E-state index in [1.54, 1.807) is 0 Å². The third kappa shape index (κ3) is 9.76. The Balaban J connectivity index is 0.000000117. The first kappa shape index (κ1) is 64.2. The second kappa shape index (κ2) is 24.9. The van der Waals surface area contributed by atoms with E-state index in [0.29, 0.717) is 0 Å². The van der Waals surface area contributed by atoms with Crippen molar-refractivity contribution in [2.24, 2.45) is 0 Å². The van der Waals surface area contributed by atoms with Crippen LogP contribution in [0.5, 0.6) is 0 Å². The van der Waals surface area contributed by atoms with Crippen molar-refractivity contribution in [2.75, 3.05) is 10.2 Å². The summed E-state index contributed by atoms with van der Waals surface area (Å²) in [6.07, 6.45) is 0. The van der Waals surface area contributed by atoms with Gasteiger partial charge in [-0.05, 0) is 229 Å². The summed E-state index contributed by atoms with van der Waals surface area (Å²) in [7, 11) is 0. The largest absolute Gasteiger partial charge is 0.356 e. The van der Waals surface area contributed by atoms with Gasteiger partial charge in [-0.3, -0.25) is 0 Å². The summed E-state index contributed by atoms with van der Waals surface area (Å²) >= 11 is 3.72. The fourth-order valence-corrected chi connectivity index (χ4v) is 19.7. The van der Waals surface area contributed by atoms with Gasteiger partial charge in [0.25, 0.3) is 0 Å². The second-order valence-electron chi connectivity index (χ2n) is 30.3. The number of nitrogens with one attached hydrogen (secondary N) is 1.